The zero-order chi connectivity index (χ0) is 11.9. The maximum Gasteiger partial charge on any atom is 0.410 e. The molecule has 4 heteroatoms. The molecule has 16 heavy (non-hydrogen) atoms. The third kappa shape index (κ3) is 2.32. The van der Waals surface area contributed by atoms with Crippen molar-refractivity contribution >= 4 is 6.09 Å². The second kappa shape index (κ2) is 3.91. The number of likely N-dealkylation sites (tertiary alicyclic amines) is 1. The zero-order valence-corrected chi connectivity index (χ0v) is 10.6. The van der Waals surface area contributed by atoms with Gasteiger partial charge in [0.15, 0.2) is 0 Å². The largest absolute Gasteiger partial charge is 0.444 e. The minimum atomic E-state index is -0.381. The molecule has 4 nitrogen and oxygen atoms in total. The van der Waals surface area contributed by atoms with E-state index in [4.69, 9.17) is 4.74 Å². The molecule has 2 rings (SSSR count). The molecule has 2 unspecified atom stereocenters. The van der Waals surface area contributed by atoms with Crippen molar-refractivity contribution in [2.24, 2.45) is 17.8 Å². The van der Waals surface area contributed by atoms with Gasteiger partial charge in [0.2, 0.25) is 0 Å². The lowest BCUT2D eigenvalue weighted by molar-refractivity contribution is 0.0266. The Morgan fingerprint density at radius 2 is 1.94 bits per heavy atom. The fraction of sp³-hybridized carbons (Fsp3) is 0.917. The van der Waals surface area contributed by atoms with Crippen LogP contribution in [0, 0.1) is 17.8 Å². The minimum absolute atomic E-state index is 0.150. The van der Waals surface area contributed by atoms with E-state index >= 15 is 0 Å². The van der Waals surface area contributed by atoms with Crippen LogP contribution < -0.4 is 5.32 Å². The molecule has 1 aliphatic heterocycles. The molecule has 1 N–H and O–H groups in total. The number of nitrogens with one attached hydrogen (secondary N) is 1. The number of fused-ring (bicyclic) bond motifs is 1. The molecule has 0 aromatic carbocycles. The summed E-state index contributed by atoms with van der Waals surface area (Å²) in [5.74, 6) is 2.20. The van der Waals surface area contributed by atoms with Crippen molar-refractivity contribution in [3.63, 3.8) is 0 Å². The predicted octanol–water partition coefficient (Wildman–Crippen LogP) is 1.32. The molecule has 92 valence electrons. The van der Waals surface area contributed by atoms with E-state index in [1.54, 1.807) is 0 Å². The molecule has 0 bridgehead atoms. The van der Waals surface area contributed by atoms with Gasteiger partial charge in [0.25, 0.3) is 0 Å². The zero-order valence-electron chi connectivity index (χ0n) is 10.6. The highest BCUT2D eigenvalue weighted by molar-refractivity contribution is 5.68. The van der Waals surface area contributed by atoms with E-state index in [0.29, 0.717) is 11.8 Å². The number of hydrogen-bond donors (Lipinski definition) is 1. The normalized spacial score (nSPS) is 32.5. The topological polar surface area (TPSA) is 41.6 Å². The van der Waals surface area contributed by atoms with Gasteiger partial charge in [-0.1, -0.05) is 0 Å². The Labute approximate surface area is 97.3 Å². The molecule has 0 aromatic rings. The van der Waals surface area contributed by atoms with Gasteiger partial charge in [0.05, 0.1) is 0 Å². The van der Waals surface area contributed by atoms with E-state index in [9.17, 15) is 4.79 Å². The monoisotopic (exact) mass is 226 g/mol. The Balaban J connectivity index is 1.78. The summed E-state index contributed by atoms with van der Waals surface area (Å²) in [4.78, 5) is 13.6. The van der Waals surface area contributed by atoms with E-state index in [1.165, 1.54) is 0 Å². The lowest BCUT2D eigenvalue weighted by atomic mass is 10.2. The molecule has 2 aliphatic rings. The predicted molar refractivity (Wildman–Crippen MR) is 62.2 cm³/mol. The Kier molecular flexibility index (Phi) is 2.86. The van der Waals surface area contributed by atoms with Crippen LogP contribution in [0.2, 0.25) is 0 Å². The Bertz CT molecular complexity index is 273. The number of hydrogen-bond acceptors (Lipinski definition) is 3. The lowest BCUT2D eigenvalue weighted by Crippen LogP contribution is -2.37. The van der Waals surface area contributed by atoms with Crippen LogP contribution in [-0.4, -0.2) is 43.3 Å². The first-order chi connectivity index (χ1) is 7.42. The average molecular weight is 226 g/mol. The molecule has 1 heterocycles. The van der Waals surface area contributed by atoms with Gasteiger partial charge in [-0.3, -0.25) is 0 Å². The molecular formula is C12H22N2O2. The summed E-state index contributed by atoms with van der Waals surface area (Å²) in [6.45, 7) is 8.57. The summed E-state index contributed by atoms with van der Waals surface area (Å²) >= 11 is 0. The summed E-state index contributed by atoms with van der Waals surface area (Å²) in [5.41, 5.74) is -0.381. The second-order valence-corrected chi connectivity index (χ2v) is 5.93. The van der Waals surface area contributed by atoms with Crippen LogP contribution in [-0.2, 0) is 4.74 Å². The number of carbonyl (C=O) groups is 1. The second-order valence-electron chi connectivity index (χ2n) is 5.93. The van der Waals surface area contributed by atoms with Crippen molar-refractivity contribution in [2.75, 3.05) is 26.7 Å². The highest BCUT2D eigenvalue weighted by atomic mass is 16.6. The van der Waals surface area contributed by atoms with Gasteiger partial charge in [0.1, 0.15) is 5.60 Å². The molecule has 0 spiro atoms. The van der Waals surface area contributed by atoms with Crippen LogP contribution in [0.3, 0.4) is 0 Å². The van der Waals surface area contributed by atoms with Crippen LogP contribution in [0.25, 0.3) is 0 Å². The Morgan fingerprint density at radius 3 is 2.38 bits per heavy atom. The Morgan fingerprint density at radius 1 is 1.38 bits per heavy atom. The van der Waals surface area contributed by atoms with E-state index in [1.807, 2.05) is 32.7 Å². The standard InChI is InChI=1S/C12H22N2O2/c1-12(2,3)16-11(15)14-6-9-8(5-13-4)10(9)7-14/h8-10,13H,5-7H2,1-4H3. The van der Waals surface area contributed by atoms with E-state index in [2.05, 4.69) is 5.32 Å². The van der Waals surface area contributed by atoms with Crippen LogP contribution in [0.4, 0.5) is 4.79 Å². The number of rotatable bonds is 2. The molecule has 2 fully saturated rings. The summed E-state index contributed by atoms with van der Waals surface area (Å²) in [7, 11) is 1.99. The first kappa shape index (κ1) is 11.7. The molecule has 1 aliphatic carbocycles. The van der Waals surface area contributed by atoms with E-state index in [-0.39, 0.29) is 11.7 Å². The molecule has 1 saturated carbocycles. The van der Waals surface area contributed by atoms with Crippen LogP contribution in [0.5, 0.6) is 0 Å². The van der Waals surface area contributed by atoms with Crippen molar-refractivity contribution in [2.45, 2.75) is 26.4 Å². The van der Waals surface area contributed by atoms with Gasteiger partial charge < -0.3 is 15.0 Å². The van der Waals surface area contributed by atoms with Gasteiger partial charge in [-0.2, -0.15) is 0 Å². The van der Waals surface area contributed by atoms with Crippen LogP contribution >= 0.6 is 0 Å². The number of nitrogens with zero attached hydrogens (tertiary/aromatic N) is 1. The molecule has 1 amide bonds. The smallest absolute Gasteiger partial charge is 0.410 e. The lowest BCUT2D eigenvalue weighted by Gasteiger charge is -2.25. The molecule has 2 atom stereocenters. The first-order valence-electron chi connectivity index (χ1n) is 6.05. The summed E-state index contributed by atoms with van der Waals surface area (Å²) in [6.07, 6.45) is -0.150. The third-order valence-corrected chi connectivity index (χ3v) is 3.46. The summed E-state index contributed by atoms with van der Waals surface area (Å²) < 4.78 is 5.36. The van der Waals surface area contributed by atoms with Crippen molar-refractivity contribution in [1.82, 2.24) is 10.2 Å². The van der Waals surface area contributed by atoms with Gasteiger partial charge in [-0.15, -0.1) is 0 Å². The number of piperidine rings is 1. The van der Waals surface area contributed by atoms with E-state index < -0.39 is 0 Å². The average Bonchev–Trinajstić information content (AvgIpc) is 2.60. The maximum absolute atomic E-state index is 11.8. The fourth-order valence-electron chi connectivity index (χ4n) is 2.66. The maximum atomic E-state index is 11.8. The van der Waals surface area contributed by atoms with Crippen molar-refractivity contribution in [3.8, 4) is 0 Å². The molecule has 0 radical (unpaired) electrons. The number of carbonyl (C=O) groups excluding carboxylic acids is 1. The van der Waals surface area contributed by atoms with E-state index in [0.717, 1.165) is 25.6 Å². The summed E-state index contributed by atoms with van der Waals surface area (Å²) in [6, 6.07) is 0. The van der Waals surface area contributed by atoms with Crippen molar-refractivity contribution in [1.29, 1.82) is 0 Å². The Hall–Kier alpha value is -0.770. The van der Waals surface area contributed by atoms with Crippen LogP contribution in [0.1, 0.15) is 20.8 Å². The quantitative estimate of drug-likeness (QED) is 0.772. The van der Waals surface area contributed by atoms with Gasteiger partial charge in [0, 0.05) is 13.1 Å². The third-order valence-electron chi connectivity index (χ3n) is 3.46. The summed E-state index contributed by atoms with van der Waals surface area (Å²) in [5, 5.41) is 3.21. The molecule has 0 aromatic heterocycles. The van der Waals surface area contributed by atoms with Crippen molar-refractivity contribution in [3.05, 3.63) is 0 Å². The fourth-order valence-corrected chi connectivity index (χ4v) is 2.66. The van der Waals surface area contributed by atoms with Crippen molar-refractivity contribution < 1.29 is 9.53 Å². The minimum Gasteiger partial charge on any atom is -0.444 e. The van der Waals surface area contributed by atoms with Gasteiger partial charge in [-0.25, -0.2) is 4.79 Å². The number of ether oxygens (including phenoxy) is 1. The first-order valence-corrected chi connectivity index (χ1v) is 6.05. The SMILES string of the molecule is CNCC1C2CN(C(=O)OC(C)(C)C)CC12. The van der Waals surface area contributed by atoms with Crippen LogP contribution in [0.15, 0.2) is 0 Å². The highest BCUT2D eigenvalue weighted by Gasteiger charge is 2.56. The van der Waals surface area contributed by atoms with Gasteiger partial charge >= 0.3 is 6.09 Å². The molecular weight excluding hydrogens is 204 g/mol. The highest BCUT2D eigenvalue weighted by Crippen LogP contribution is 2.51. The van der Waals surface area contributed by atoms with Gasteiger partial charge in [-0.05, 0) is 52.1 Å². The number of amides is 1. The molecule has 1 saturated heterocycles.